The molecule has 0 amide bonds. The van der Waals surface area contributed by atoms with Gasteiger partial charge in [-0.2, -0.15) is 10.5 Å². The van der Waals surface area contributed by atoms with Crippen LogP contribution >= 0.6 is 6.88 Å². The van der Waals surface area contributed by atoms with E-state index in [-0.39, 0.29) is 22.4 Å². The van der Waals surface area contributed by atoms with Crippen LogP contribution in [0.2, 0.25) is 0 Å². The van der Waals surface area contributed by atoms with Crippen molar-refractivity contribution in [2.45, 2.75) is 49.4 Å². The third-order valence-corrected chi connectivity index (χ3v) is 7.18. The molecular weight excluding hydrogens is 629 g/mol. The maximum Gasteiger partial charge on any atom is 1.00 e. The third-order valence-electron chi connectivity index (χ3n) is 2.82. The number of nitriles is 2. The molecule has 0 unspecified atom stereocenters. The number of alkyl halides is 15. The Morgan fingerprint density at radius 3 is 0.625 bits per heavy atom. The molecule has 0 bridgehead atoms. The van der Waals surface area contributed by atoms with Crippen LogP contribution in [0.3, 0.4) is 0 Å². The van der Waals surface area contributed by atoms with Crippen molar-refractivity contribution >= 4 is 6.88 Å². The summed E-state index contributed by atoms with van der Waals surface area (Å²) in [7, 11) is 0. The van der Waals surface area contributed by atoms with Crippen molar-refractivity contribution in [1.82, 2.24) is 0 Å². The van der Waals surface area contributed by atoms with Crippen LogP contribution in [-0.2, 0) is 22.4 Å². The fourth-order valence-electron chi connectivity index (χ4n) is 1.34. The predicted molar refractivity (Wildman–Crippen MR) is 65.8 cm³/mol. The SMILES string of the molecule is CC#N.CC#N.FC(F)(F)C(F)(F)[P-](F)(F)(F)(C(F)(F)C(F)(F)F)C(F)(F)C(F)(F)F.[Ag+]. The van der Waals surface area contributed by atoms with Crippen LogP contribution in [0.4, 0.5) is 78.4 Å². The minimum absolute atomic E-state index is 0. The van der Waals surface area contributed by atoms with Crippen LogP contribution in [0.25, 0.3) is 0 Å². The second-order valence-electron chi connectivity index (χ2n) is 4.85. The van der Waals surface area contributed by atoms with Crippen LogP contribution in [-0.4, -0.2) is 35.5 Å². The molecule has 198 valence electrons. The first-order chi connectivity index (χ1) is 12.9. The molecule has 2 nitrogen and oxygen atoms in total. The number of nitrogens with zero attached hydrogens (tertiary/aromatic N) is 2. The van der Waals surface area contributed by atoms with Crippen molar-refractivity contribution in [3.8, 4) is 12.1 Å². The summed E-state index contributed by atoms with van der Waals surface area (Å²) in [4.78, 5) is 0. The van der Waals surface area contributed by atoms with E-state index in [2.05, 4.69) is 0 Å². The molecule has 0 fully saturated rings. The van der Waals surface area contributed by atoms with E-state index in [1.165, 1.54) is 13.8 Å². The van der Waals surface area contributed by atoms with Gasteiger partial charge in [0.15, 0.2) is 0 Å². The molecule has 0 aliphatic rings. The zero-order valence-corrected chi connectivity index (χ0v) is 16.8. The topological polar surface area (TPSA) is 47.6 Å². The van der Waals surface area contributed by atoms with Gasteiger partial charge in [0.05, 0.1) is 12.1 Å². The van der Waals surface area contributed by atoms with E-state index in [0.717, 1.165) is 0 Å². The largest absolute Gasteiger partial charge is 1.00 e. The van der Waals surface area contributed by atoms with E-state index in [1.54, 1.807) is 12.1 Å². The van der Waals surface area contributed by atoms with E-state index in [0.29, 0.717) is 0 Å². The average molecular weight is 635 g/mol. The van der Waals surface area contributed by atoms with Gasteiger partial charge in [0, 0.05) is 13.8 Å². The van der Waals surface area contributed by atoms with Gasteiger partial charge in [0.25, 0.3) is 0 Å². The Morgan fingerprint density at radius 1 is 0.469 bits per heavy atom. The van der Waals surface area contributed by atoms with E-state index in [4.69, 9.17) is 10.5 Å². The average Bonchev–Trinajstić information content (AvgIpc) is 2.44. The van der Waals surface area contributed by atoms with Crippen molar-refractivity contribution < 1.29 is 101 Å². The standard InChI is InChI=1S/C6F18P.2C2H3N.Ag/c7-1(8,9)4(16,17)25(22,23,24,5(18,19)2(10,11)12)6(20,21)3(13,14)15;2*1-2-3;/h;2*1H3;/q-1;;;+1. The molecular formula is C10H6AgF18N2P. The fourth-order valence-corrected chi connectivity index (χ4v) is 4.02. The van der Waals surface area contributed by atoms with Gasteiger partial charge in [-0.15, -0.1) is 0 Å². The molecule has 0 aliphatic carbocycles. The minimum Gasteiger partial charge on any atom is 1.00 e. The molecule has 0 N–H and O–H groups in total. The number of halogens is 18. The monoisotopic (exact) mass is 634 g/mol. The number of hydrogen-bond donors (Lipinski definition) is 0. The Bertz CT molecular complexity index is 636. The minimum atomic E-state index is -15.0. The zero-order chi connectivity index (χ0) is 26.8. The maximum absolute atomic E-state index is 15.0. The van der Waals surface area contributed by atoms with Crippen molar-refractivity contribution in [3.63, 3.8) is 0 Å². The summed E-state index contributed by atoms with van der Waals surface area (Å²) in [6.45, 7) is -12.1. The Balaban J connectivity index is -0.000000499. The second-order valence-corrected chi connectivity index (χ2v) is 9.11. The van der Waals surface area contributed by atoms with Gasteiger partial charge in [0.1, 0.15) is 0 Å². The molecule has 0 heterocycles. The molecule has 0 aliphatic heterocycles. The van der Waals surface area contributed by atoms with Crippen LogP contribution in [0, 0.1) is 22.7 Å². The van der Waals surface area contributed by atoms with E-state index in [1.807, 2.05) is 0 Å². The van der Waals surface area contributed by atoms with Crippen LogP contribution < -0.4 is 0 Å². The predicted octanol–water partition coefficient (Wildman–Crippen LogP) is 8.25. The smallest absolute Gasteiger partial charge is 1.00 e. The molecule has 0 saturated carbocycles. The summed E-state index contributed by atoms with van der Waals surface area (Å²) in [6.07, 6.45) is -26.1. The van der Waals surface area contributed by atoms with E-state index < -0.39 is 42.4 Å². The van der Waals surface area contributed by atoms with Gasteiger partial charge in [-0.05, 0) is 0 Å². The zero-order valence-electron chi connectivity index (χ0n) is 14.4. The summed E-state index contributed by atoms with van der Waals surface area (Å²) in [6, 6.07) is 3.50. The Labute approximate surface area is 180 Å². The summed E-state index contributed by atoms with van der Waals surface area (Å²) >= 11 is 0. The first-order valence-corrected chi connectivity index (χ1v) is 8.57. The van der Waals surface area contributed by atoms with E-state index in [9.17, 15) is 78.4 Å². The summed E-state index contributed by atoms with van der Waals surface area (Å²) in [5.41, 5.74) is -29.3. The molecule has 22 heteroatoms. The van der Waals surface area contributed by atoms with Crippen LogP contribution in [0.5, 0.6) is 0 Å². The van der Waals surface area contributed by atoms with Gasteiger partial charge >= 0.3 is 143 Å². The molecule has 0 spiro atoms. The Hall–Kier alpha value is -1.11. The summed E-state index contributed by atoms with van der Waals surface area (Å²) in [5, 5.41) is 14.6. The van der Waals surface area contributed by atoms with Crippen molar-refractivity contribution in [3.05, 3.63) is 0 Å². The van der Waals surface area contributed by atoms with Crippen molar-refractivity contribution in [2.75, 3.05) is 0 Å². The molecule has 0 aromatic heterocycles. The molecule has 0 aromatic carbocycles. The molecule has 0 saturated heterocycles. The van der Waals surface area contributed by atoms with Crippen LogP contribution in [0.1, 0.15) is 13.8 Å². The third kappa shape index (κ3) is 4.47. The molecule has 0 atom stereocenters. The summed E-state index contributed by atoms with van der Waals surface area (Å²) in [5.74, 6) is 0. The van der Waals surface area contributed by atoms with Crippen LogP contribution in [0.15, 0.2) is 0 Å². The van der Waals surface area contributed by atoms with Gasteiger partial charge in [0.2, 0.25) is 0 Å². The molecule has 0 radical (unpaired) electrons. The molecule has 0 aromatic rings. The Morgan fingerprint density at radius 2 is 0.562 bits per heavy atom. The first kappa shape index (κ1) is 38.2. The first-order valence-electron chi connectivity index (χ1n) is 6.21. The van der Waals surface area contributed by atoms with Gasteiger partial charge < -0.3 is 0 Å². The molecule has 32 heavy (non-hydrogen) atoms. The van der Waals surface area contributed by atoms with Crippen molar-refractivity contribution in [2.24, 2.45) is 0 Å². The quantitative estimate of drug-likeness (QED) is 0.178. The maximum atomic E-state index is 13.4. The fraction of sp³-hybridized carbons (Fsp3) is 0.800. The van der Waals surface area contributed by atoms with Gasteiger partial charge in [-0.3, -0.25) is 0 Å². The van der Waals surface area contributed by atoms with E-state index >= 15 is 0 Å². The summed E-state index contributed by atoms with van der Waals surface area (Å²) < 4.78 is 222. The second kappa shape index (κ2) is 9.27. The molecule has 0 rings (SSSR count). The Kier molecular flexibility index (Phi) is 11.1. The van der Waals surface area contributed by atoms with Gasteiger partial charge in [-0.1, -0.05) is 0 Å². The normalized spacial score (nSPS) is 15.7. The van der Waals surface area contributed by atoms with Crippen molar-refractivity contribution in [1.29, 1.82) is 10.5 Å². The van der Waals surface area contributed by atoms with Gasteiger partial charge in [-0.25, -0.2) is 0 Å². The number of rotatable bonds is 3. The number of hydrogen-bond acceptors (Lipinski definition) is 2.